The highest BCUT2D eigenvalue weighted by Gasteiger charge is 2.24. The van der Waals surface area contributed by atoms with E-state index in [1.54, 1.807) is 30.0 Å². The molecule has 2 rings (SSSR count). The molecule has 1 saturated heterocycles. The van der Waals surface area contributed by atoms with Crippen molar-refractivity contribution < 1.29 is 4.79 Å². The van der Waals surface area contributed by atoms with Gasteiger partial charge in [-0.3, -0.25) is 4.79 Å². The Bertz CT molecular complexity index is 448. The minimum atomic E-state index is 0.0735. The first-order chi connectivity index (χ1) is 8.54. The third kappa shape index (κ3) is 2.52. The molecule has 18 heavy (non-hydrogen) atoms. The lowest BCUT2D eigenvalue weighted by Crippen LogP contribution is -2.32. The standard InChI is InChI=1S/C13H20N2OS2/c1-8-4-6-15(7-5-8)13-12(17-3)10(14)11(18-13)9(2)16/h8H,4-7,14H2,1-3H3. The van der Waals surface area contributed by atoms with Crippen molar-refractivity contribution in [1.82, 2.24) is 0 Å². The molecule has 0 atom stereocenters. The molecule has 100 valence electrons. The van der Waals surface area contributed by atoms with Gasteiger partial charge in [-0.1, -0.05) is 6.92 Å². The maximum absolute atomic E-state index is 11.6. The van der Waals surface area contributed by atoms with Crippen molar-refractivity contribution in [2.75, 3.05) is 30.0 Å². The predicted octanol–water partition coefficient (Wildman–Crippen LogP) is 3.49. The molecule has 0 spiro atoms. The first-order valence-corrected chi connectivity index (χ1v) is 8.30. The molecule has 1 fully saturated rings. The van der Waals surface area contributed by atoms with Crippen LogP contribution in [0.5, 0.6) is 0 Å². The van der Waals surface area contributed by atoms with Crippen LogP contribution in [0.15, 0.2) is 4.90 Å². The molecule has 1 aliphatic heterocycles. The number of hydrogen-bond donors (Lipinski definition) is 1. The zero-order valence-corrected chi connectivity index (χ0v) is 12.8. The van der Waals surface area contributed by atoms with Gasteiger partial charge in [0.1, 0.15) is 5.00 Å². The molecule has 2 heterocycles. The number of piperidine rings is 1. The van der Waals surface area contributed by atoms with Crippen LogP contribution in [0.4, 0.5) is 10.7 Å². The second-order valence-electron chi connectivity index (χ2n) is 4.91. The maximum Gasteiger partial charge on any atom is 0.171 e. The van der Waals surface area contributed by atoms with Crippen molar-refractivity contribution in [2.45, 2.75) is 31.6 Å². The first-order valence-electron chi connectivity index (χ1n) is 6.26. The minimum Gasteiger partial charge on any atom is -0.396 e. The predicted molar refractivity (Wildman–Crippen MR) is 81.1 cm³/mol. The van der Waals surface area contributed by atoms with Crippen molar-refractivity contribution in [3.8, 4) is 0 Å². The number of nitrogens with zero attached hydrogens (tertiary/aromatic N) is 1. The van der Waals surface area contributed by atoms with E-state index in [1.807, 2.05) is 6.26 Å². The molecule has 0 amide bonds. The van der Waals surface area contributed by atoms with Gasteiger partial charge in [0, 0.05) is 20.0 Å². The molecule has 1 aliphatic rings. The quantitative estimate of drug-likeness (QED) is 0.682. The average molecular weight is 284 g/mol. The zero-order valence-electron chi connectivity index (χ0n) is 11.2. The third-order valence-corrected chi connectivity index (χ3v) is 5.79. The van der Waals surface area contributed by atoms with Gasteiger partial charge in [-0.05, 0) is 25.0 Å². The summed E-state index contributed by atoms with van der Waals surface area (Å²) in [5, 5.41) is 1.19. The van der Waals surface area contributed by atoms with Gasteiger partial charge >= 0.3 is 0 Å². The smallest absolute Gasteiger partial charge is 0.171 e. The van der Waals surface area contributed by atoms with Gasteiger partial charge in [0.2, 0.25) is 0 Å². The van der Waals surface area contributed by atoms with Crippen LogP contribution < -0.4 is 10.6 Å². The van der Waals surface area contributed by atoms with Gasteiger partial charge in [0.15, 0.2) is 5.78 Å². The van der Waals surface area contributed by atoms with Crippen LogP contribution in [0.2, 0.25) is 0 Å². The largest absolute Gasteiger partial charge is 0.396 e. The number of thioether (sulfide) groups is 1. The molecule has 0 bridgehead atoms. The number of Topliss-reactive ketones (excluding diaryl/α,β-unsaturated/α-hetero) is 1. The minimum absolute atomic E-state index is 0.0735. The summed E-state index contributed by atoms with van der Waals surface area (Å²) in [6.45, 7) is 6.04. The molecule has 0 aromatic carbocycles. The number of nitrogens with two attached hydrogens (primary N) is 1. The third-order valence-electron chi connectivity index (χ3n) is 3.48. The summed E-state index contributed by atoms with van der Waals surface area (Å²) < 4.78 is 0. The van der Waals surface area contributed by atoms with E-state index in [-0.39, 0.29) is 5.78 Å². The lowest BCUT2D eigenvalue weighted by atomic mass is 9.99. The maximum atomic E-state index is 11.6. The summed E-state index contributed by atoms with van der Waals surface area (Å²) in [4.78, 5) is 15.8. The van der Waals surface area contributed by atoms with Crippen molar-refractivity contribution in [2.24, 2.45) is 5.92 Å². The van der Waals surface area contributed by atoms with E-state index >= 15 is 0 Å². The number of carbonyl (C=O) groups excluding carboxylic acids is 1. The normalized spacial score (nSPS) is 17.2. The molecule has 3 nitrogen and oxygen atoms in total. The average Bonchev–Trinajstić information content (AvgIpc) is 2.67. The topological polar surface area (TPSA) is 46.3 Å². The van der Waals surface area contributed by atoms with E-state index in [9.17, 15) is 4.79 Å². The highest BCUT2D eigenvalue weighted by Crippen LogP contribution is 2.44. The van der Waals surface area contributed by atoms with E-state index in [4.69, 9.17) is 5.73 Å². The van der Waals surface area contributed by atoms with Crippen LogP contribution in [0.1, 0.15) is 36.4 Å². The van der Waals surface area contributed by atoms with E-state index in [0.717, 1.165) is 23.9 Å². The summed E-state index contributed by atoms with van der Waals surface area (Å²) >= 11 is 3.20. The highest BCUT2D eigenvalue weighted by atomic mass is 32.2. The number of ketones is 1. The van der Waals surface area contributed by atoms with E-state index < -0.39 is 0 Å². The molecule has 1 aromatic rings. The Hall–Kier alpha value is -0.680. The van der Waals surface area contributed by atoms with Gasteiger partial charge in [-0.25, -0.2) is 0 Å². The van der Waals surface area contributed by atoms with Crippen LogP contribution >= 0.6 is 23.1 Å². The molecular weight excluding hydrogens is 264 g/mol. The fourth-order valence-corrected chi connectivity index (χ4v) is 4.42. The van der Waals surface area contributed by atoms with Crippen molar-refractivity contribution in [1.29, 1.82) is 0 Å². The van der Waals surface area contributed by atoms with Crippen molar-refractivity contribution in [3.63, 3.8) is 0 Å². The van der Waals surface area contributed by atoms with Gasteiger partial charge in [-0.2, -0.15) is 0 Å². The van der Waals surface area contributed by atoms with Crippen molar-refractivity contribution in [3.05, 3.63) is 4.88 Å². The van der Waals surface area contributed by atoms with Crippen LogP contribution in [0.3, 0.4) is 0 Å². The number of carbonyl (C=O) groups is 1. The van der Waals surface area contributed by atoms with Gasteiger partial charge in [0.25, 0.3) is 0 Å². The second-order valence-corrected chi connectivity index (χ2v) is 6.72. The first kappa shape index (κ1) is 13.7. The van der Waals surface area contributed by atoms with Gasteiger partial charge in [-0.15, -0.1) is 23.1 Å². The Balaban J connectivity index is 2.32. The molecule has 0 saturated carbocycles. The summed E-state index contributed by atoms with van der Waals surface area (Å²) in [6.07, 6.45) is 4.47. The Morgan fingerprint density at radius 1 is 1.44 bits per heavy atom. The Kier molecular flexibility index (Phi) is 4.22. The molecule has 0 radical (unpaired) electrons. The Morgan fingerprint density at radius 2 is 2.06 bits per heavy atom. The summed E-state index contributed by atoms with van der Waals surface area (Å²) in [7, 11) is 0. The molecule has 0 unspecified atom stereocenters. The second kappa shape index (κ2) is 5.53. The van der Waals surface area contributed by atoms with Gasteiger partial charge in [0.05, 0.1) is 15.5 Å². The van der Waals surface area contributed by atoms with Crippen LogP contribution in [-0.2, 0) is 0 Å². The van der Waals surface area contributed by atoms with E-state index in [0.29, 0.717) is 10.6 Å². The molecule has 1 aromatic heterocycles. The van der Waals surface area contributed by atoms with Crippen molar-refractivity contribution >= 4 is 39.6 Å². The Morgan fingerprint density at radius 3 is 2.56 bits per heavy atom. The summed E-state index contributed by atoms with van der Waals surface area (Å²) in [5.74, 6) is 0.882. The Labute approximate surface area is 117 Å². The molecule has 0 aliphatic carbocycles. The van der Waals surface area contributed by atoms with E-state index in [1.165, 1.54) is 17.8 Å². The fourth-order valence-electron chi connectivity index (χ4n) is 2.29. The zero-order chi connectivity index (χ0) is 13.3. The lowest BCUT2D eigenvalue weighted by Gasteiger charge is -2.31. The summed E-state index contributed by atoms with van der Waals surface area (Å²) in [6, 6.07) is 0. The fraction of sp³-hybridized carbons (Fsp3) is 0.615. The molecule has 5 heteroatoms. The SMILES string of the molecule is CSc1c(N2CCC(C)CC2)sc(C(C)=O)c1N. The van der Waals surface area contributed by atoms with Crippen LogP contribution in [0.25, 0.3) is 0 Å². The molecular formula is C13H20N2OS2. The van der Waals surface area contributed by atoms with Crippen LogP contribution in [0, 0.1) is 5.92 Å². The lowest BCUT2D eigenvalue weighted by molar-refractivity contribution is 0.102. The van der Waals surface area contributed by atoms with E-state index in [2.05, 4.69) is 11.8 Å². The van der Waals surface area contributed by atoms with Gasteiger partial charge < -0.3 is 10.6 Å². The molecule has 2 N–H and O–H groups in total. The number of nitrogen functional groups attached to an aromatic ring is 1. The van der Waals surface area contributed by atoms with Crippen LogP contribution in [-0.4, -0.2) is 25.1 Å². The number of rotatable bonds is 3. The number of anilines is 2. The number of hydrogen-bond acceptors (Lipinski definition) is 5. The summed E-state index contributed by atoms with van der Waals surface area (Å²) in [5.41, 5.74) is 6.77. The highest BCUT2D eigenvalue weighted by molar-refractivity contribution is 7.99. The monoisotopic (exact) mass is 284 g/mol. The number of thiophene rings is 1.